The van der Waals surface area contributed by atoms with Gasteiger partial charge in [0.15, 0.2) is 0 Å². The Morgan fingerprint density at radius 1 is 0.657 bits per heavy atom. The zero-order valence-corrected chi connectivity index (χ0v) is 21.0. The van der Waals surface area contributed by atoms with Gasteiger partial charge in [-0.2, -0.15) is 0 Å². The van der Waals surface area contributed by atoms with Crippen LogP contribution in [-0.2, 0) is 9.31 Å². The maximum atomic E-state index is 6.56. The van der Waals surface area contributed by atoms with E-state index in [1.165, 1.54) is 25.7 Å². The summed E-state index contributed by atoms with van der Waals surface area (Å²) in [5.41, 5.74) is 4.22. The summed E-state index contributed by atoms with van der Waals surface area (Å²) in [4.78, 5) is 0. The van der Waals surface area contributed by atoms with E-state index in [1.807, 2.05) is 23.5 Å². The van der Waals surface area contributed by atoms with Crippen LogP contribution >= 0.6 is 11.3 Å². The fourth-order valence-electron chi connectivity index (χ4n) is 5.19. The SMILES string of the molecule is CC1(C)OB(c2ccc(-c3cccc4c3sc3ccccc34)c3oc4ccccc4c23)OC1(C)C. The van der Waals surface area contributed by atoms with Gasteiger partial charge >= 0.3 is 7.12 Å². The summed E-state index contributed by atoms with van der Waals surface area (Å²) in [7, 11) is -0.460. The zero-order chi connectivity index (χ0) is 23.9. The van der Waals surface area contributed by atoms with Crippen molar-refractivity contribution in [2.45, 2.75) is 38.9 Å². The first-order chi connectivity index (χ1) is 16.8. The van der Waals surface area contributed by atoms with E-state index in [2.05, 4.69) is 94.4 Å². The second-order valence-electron chi connectivity index (χ2n) is 10.4. The summed E-state index contributed by atoms with van der Waals surface area (Å²) in [5, 5.41) is 4.72. The van der Waals surface area contributed by atoms with Crippen molar-refractivity contribution >= 4 is 66.0 Å². The summed E-state index contributed by atoms with van der Waals surface area (Å²) >= 11 is 1.84. The summed E-state index contributed by atoms with van der Waals surface area (Å²) in [6, 6.07) is 27.7. The van der Waals surface area contributed by atoms with Gasteiger partial charge in [0.05, 0.1) is 11.2 Å². The highest BCUT2D eigenvalue weighted by molar-refractivity contribution is 7.26. The Kier molecular flexibility index (Phi) is 4.36. The van der Waals surface area contributed by atoms with E-state index < -0.39 is 18.3 Å². The zero-order valence-electron chi connectivity index (χ0n) is 20.2. The van der Waals surface area contributed by atoms with Crippen LogP contribution in [0.5, 0.6) is 0 Å². The summed E-state index contributed by atoms with van der Waals surface area (Å²) in [5.74, 6) is 0. The molecule has 3 nitrogen and oxygen atoms in total. The summed E-state index contributed by atoms with van der Waals surface area (Å²) < 4.78 is 22.1. The van der Waals surface area contributed by atoms with E-state index in [-0.39, 0.29) is 0 Å². The van der Waals surface area contributed by atoms with E-state index in [0.717, 1.165) is 33.0 Å². The van der Waals surface area contributed by atoms with Crippen LogP contribution in [0.15, 0.2) is 83.3 Å². The van der Waals surface area contributed by atoms with Crippen LogP contribution in [0.1, 0.15) is 27.7 Å². The van der Waals surface area contributed by atoms with Crippen molar-refractivity contribution in [3.05, 3.63) is 78.9 Å². The molecule has 0 amide bonds. The summed E-state index contributed by atoms with van der Waals surface area (Å²) in [6.45, 7) is 8.37. The molecule has 5 heteroatoms. The largest absolute Gasteiger partial charge is 0.495 e. The van der Waals surface area contributed by atoms with Crippen LogP contribution in [-0.4, -0.2) is 18.3 Å². The Hall–Kier alpha value is -3.12. The number of rotatable bonds is 2. The molecule has 0 N–H and O–H groups in total. The van der Waals surface area contributed by atoms with Crippen LogP contribution in [0.4, 0.5) is 0 Å². The van der Waals surface area contributed by atoms with Crippen LogP contribution in [0, 0.1) is 0 Å². The molecule has 3 heterocycles. The van der Waals surface area contributed by atoms with Gasteiger partial charge in [-0.15, -0.1) is 11.3 Å². The van der Waals surface area contributed by atoms with E-state index in [1.54, 1.807) is 0 Å². The second-order valence-corrected chi connectivity index (χ2v) is 11.4. The Morgan fingerprint density at radius 3 is 2.14 bits per heavy atom. The monoisotopic (exact) mass is 476 g/mol. The Labute approximate surface area is 208 Å². The molecule has 1 fully saturated rings. The van der Waals surface area contributed by atoms with Crippen molar-refractivity contribution in [1.29, 1.82) is 0 Å². The first kappa shape index (κ1) is 21.2. The fourth-order valence-corrected chi connectivity index (χ4v) is 6.42. The lowest BCUT2D eigenvalue weighted by molar-refractivity contribution is 0.00578. The molecule has 0 atom stereocenters. The van der Waals surface area contributed by atoms with E-state index >= 15 is 0 Å². The van der Waals surface area contributed by atoms with Gasteiger partial charge < -0.3 is 13.7 Å². The van der Waals surface area contributed by atoms with Crippen molar-refractivity contribution in [3.8, 4) is 11.1 Å². The highest BCUT2D eigenvalue weighted by atomic mass is 32.1. The highest BCUT2D eigenvalue weighted by Crippen LogP contribution is 2.44. The van der Waals surface area contributed by atoms with E-state index in [0.29, 0.717) is 0 Å². The molecular weight excluding hydrogens is 451 g/mol. The second kappa shape index (κ2) is 7.20. The molecule has 6 aromatic rings. The maximum absolute atomic E-state index is 6.56. The predicted octanol–water partition coefficient (Wildman–Crippen LogP) is 7.92. The molecule has 0 saturated carbocycles. The Morgan fingerprint density at radius 2 is 1.34 bits per heavy atom. The van der Waals surface area contributed by atoms with Gasteiger partial charge in [0.25, 0.3) is 0 Å². The molecule has 1 saturated heterocycles. The summed E-state index contributed by atoms with van der Waals surface area (Å²) in [6.07, 6.45) is 0. The van der Waals surface area contributed by atoms with Gasteiger partial charge in [-0.05, 0) is 45.3 Å². The molecule has 0 spiro atoms. The average Bonchev–Trinajstić information content (AvgIpc) is 3.47. The predicted molar refractivity (Wildman–Crippen MR) is 148 cm³/mol. The fraction of sp³-hybridized carbons (Fsp3) is 0.200. The number of para-hydroxylation sites is 1. The van der Waals surface area contributed by atoms with E-state index in [4.69, 9.17) is 13.7 Å². The number of fused-ring (bicyclic) bond motifs is 6. The number of furan rings is 1. The molecule has 0 radical (unpaired) electrons. The lowest BCUT2D eigenvalue weighted by atomic mass is 9.75. The van der Waals surface area contributed by atoms with Gasteiger partial charge in [0.2, 0.25) is 0 Å². The third kappa shape index (κ3) is 2.99. The van der Waals surface area contributed by atoms with Crippen molar-refractivity contribution in [3.63, 3.8) is 0 Å². The van der Waals surface area contributed by atoms with Gasteiger partial charge in [0.1, 0.15) is 11.2 Å². The van der Waals surface area contributed by atoms with E-state index in [9.17, 15) is 0 Å². The van der Waals surface area contributed by atoms with Gasteiger partial charge in [0, 0.05) is 42.1 Å². The molecule has 1 aliphatic heterocycles. The third-order valence-corrected chi connectivity index (χ3v) is 8.98. The smallest absolute Gasteiger partial charge is 0.455 e. The average molecular weight is 476 g/mol. The quantitative estimate of drug-likeness (QED) is 0.238. The number of hydrogen-bond acceptors (Lipinski definition) is 4. The minimum atomic E-state index is -0.460. The first-order valence-corrected chi connectivity index (χ1v) is 12.9. The maximum Gasteiger partial charge on any atom is 0.495 e. The minimum absolute atomic E-state index is 0.412. The van der Waals surface area contributed by atoms with Crippen molar-refractivity contribution < 1.29 is 13.7 Å². The lowest BCUT2D eigenvalue weighted by Crippen LogP contribution is -2.41. The third-order valence-electron chi connectivity index (χ3n) is 7.76. The van der Waals surface area contributed by atoms with Crippen LogP contribution in [0.2, 0.25) is 0 Å². The lowest BCUT2D eigenvalue weighted by Gasteiger charge is -2.32. The van der Waals surface area contributed by atoms with Gasteiger partial charge in [-0.3, -0.25) is 0 Å². The van der Waals surface area contributed by atoms with Crippen molar-refractivity contribution in [1.82, 2.24) is 0 Å². The number of benzene rings is 4. The molecule has 35 heavy (non-hydrogen) atoms. The normalized spacial score (nSPS) is 17.3. The molecule has 172 valence electrons. The van der Waals surface area contributed by atoms with Crippen LogP contribution in [0.25, 0.3) is 53.2 Å². The standard InChI is InChI=1S/C30H25BO3S/c1-29(2)30(3,4)34-31(33-29)23-17-16-19(27-26(23)22-11-5-7-14-24(22)32-27)21-13-9-12-20-18-10-6-8-15-25(18)35-28(20)21/h5-17H,1-4H3. The van der Waals surface area contributed by atoms with Gasteiger partial charge in [-0.1, -0.05) is 66.7 Å². The Bertz CT molecular complexity index is 1760. The highest BCUT2D eigenvalue weighted by Gasteiger charge is 2.52. The number of hydrogen-bond donors (Lipinski definition) is 0. The molecule has 0 bridgehead atoms. The molecule has 0 aliphatic carbocycles. The van der Waals surface area contributed by atoms with Crippen molar-refractivity contribution in [2.24, 2.45) is 0 Å². The molecular formula is C30H25BO3S. The van der Waals surface area contributed by atoms with Gasteiger partial charge in [-0.25, -0.2) is 0 Å². The Balaban J connectivity index is 1.52. The molecule has 2 aromatic heterocycles. The topological polar surface area (TPSA) is 31.6 Å². The molecule has 4 aromatic carbocycles. The minimum Gasteiger partial charge on any atom is -0.455 e. The molecule has 7 rings (SSSR count). The van der Waals surface area contributed by atoms with Crippen molar-refractivity contribution in [2.75, 3.05) is 0 Å². The van der Waals surface area contributed by atoms with Crippen LogP contribution in [0.3, 0.4) is 0 Å². The molecule has 1 aliphatic rings. The molecule has 0 unspecified atom stereocenters. The first-order valence-electron chi connectivity index (χ1n) is 12.0. The van der Waals surface area contributed by atoms with Crippen LogP contribution < -0.4 is 5.46 Å². The number of thiophene rings is 1.